The molecule has 1 heterocycles. The van der Waals surface area contributed by atoms with Crippen molar-refractivity contribution in [3.8, 4) is 0 Å². The Bertz CT molecular complexity index is 577. The summed E-state index contributed by atoms with van der Waals surface area (Å²) in [4.78, 5) is 11.4. The zero-order valence-corrected chi connectivity index (χ0v) is 9.19. The lowest BCUT2D eigenvalue weighted by molar-refractivity contribution is -0.111. The van der Waals surface area contributed by atoms with E-state index < -0.39 is 17.5 Å². The number of benzene rings is 1. The zero-order chi connectivity index (χ0) is 13.0. The summed E-state index contributed by atoms with van der Waals surface area (Å²) in [5.41, 5.74) is 0.183. The Hall–Kier alpha value is -2.43. The Labute approximate surface area is 102 Å². The second kappa shape index (κ2) is 5.27. The first kappa shape index (κ1) is 12.0. The molecule has 0 saturated heterocycles. The minimum Gasteiger partial charge on any atom is -0.465 e. The van der Waals surface area contributed by atoms with Crippen LogP contribution < -0.4 is 5.32 Å². The number of hydrogen-bond donors (Lipinski definition) is 1. The van der Waals surface area contributed by atoms with Crippen molar-refractivity contribution in [1.82, 2.24) is 0 Å². The van der Waals surface area contributed by atoms with E-state index in [1.807, 2.05) is 0 Å². The van der Waals surface area contributed by atoms with Gasteiger partial charge in [0.15, 0.2) is 11.6 Å². The molecule has 0 aliphatic heterocycles. The van der Waals surface area contributed by atoms with Crippen molar-refractivity contribution in [2.45, 2.75) is 0 Å². The molecule has 0 fully saturated rings. The average molecular weight is 249 g/mol. The molecule has 0 atom stereocenters. The number of carbonyl (C=O) groups excluding carboxylic acids is 1. The molecule has 0 radical (unpaired) electrons. The molecule has 1 N–H and O–H groups in total. The molecule has 0 spiro atoms. The SMILES string of the molecule is O=C(/C=C/c1ccco1)Nc1ccc(F)c(F)c1. The van der Waals surface area contributed by atoms with Crippen LogP contribution in [-0.2, 0) is 4.79 Å². The van der Waals surface area contributed by atoms with Gasteiger partial charge in [0.05, 0.1) is 6.26 Å². The summed E-state index contributed by atoms with van der Waals surface area (Å²) >= 11 is 0. The normalized spacial score (nSPS) is 10.8. The maximum absolute atomic E-state index is 12.9. The Morgan fingerprint density at radius 3 is 2.72 bits per heavy atom. The maximum Gasteiger partial charge on any atom is 0.248 e. The van der Waals surface area contributed by atoms with Crippen molar-refractivity contribution < 1.29 is 18.0 Å². The summed E-state index contributed by atoms with van der Waals surface area (Å²) in [6.45, 7) is 0. The quantitative estimate of drug-likeness (QED) is 0.849. The summed E-state index contributed by atoms with van der Waals surface area (Å²) in [5, 5.41) is 2.40. The number of carbonyl (C=O) groups is 1. The van der Waals surface area contributed by atoms with Crippen molar-refractivity contribution in [3.05, 3.63) is 60.1 Å². The molecule has 0 unspecified atom stereocenters. The second-order valence-electron chi connectivity index (χ2n) is 3.47. The van der Waals surface area contributed by atoms with Gasteiger partial charge < -0.3 is 9.73 Å². The van der Waals surface area contributed by atoms with Crippen LogP contribution in [0.1, 0.15) is 5.76 Å². The minimum absolute atomic E-state index is 0.183. The van der Waals surface area contributed by atoms with Gasteiger partial charge in [0.25, 0.3) is 0 Å². The van der Waals surface area contributed by atoms with Gasteiger partial charge >= 0.3 is 0 Å². The van der Waals surface area contributed by atoms with Gasteiger partial charge in [0.1, 0.15) is 5.76 Å². The standard InChI is InChI=1S/C13H9F2NO2/c14-11-5-3-9(8-12(11)15)16-13(17)6-4-10-2-1-7-18-10/h1-8H,(H,16,17)/b6-4+. The van der Waals surface area contributed by atoms with E-state index in [9.17, 15) is 13.6 Å². The van der Waals surface area contributed by atoms with Crippen LogP contribution in [0.25, 0.3) is 6.08 Å². The van der Waals surface area contributed by atoms with Crippen molar-refractivity contribution in [2.24, 2.45) is 0 Å². The fraction of sp³-hybridized carbons (Fsp3) is 0. The molecular weight excluding hydrogens is 240 g/mol. The predicted octanol–water partition coefficient (Wildman–Crippen LogP) is 3.21. The van der Waals surface area contributed by atoms with Crippen molar-refractivity contribution in [2.75, 3.05) is 5.32 Å². The minimum atomic E-state index is -1.01. The highest BCUT2D eigenvalue weighted by atomic mass is 19.2. The number of rotatable bonds is 3. The lowest BCUT2D eigenvalue weighted by Crippen LogP contribution is -2.08. The second-order valence-corrected chi connectivity index (χ2v) is 3.47. The molecule has 0 aliphatic carbocycles. The molecule has 18 heavy (non-hydrogen) atoms. The van der Waals surface area contributed by atoms with Crippen LogP contribution in [0.4, 0.5) is 14.5 Å². The Balaban J connectivity index is 2.01. The predicted molar refractivity (Wildman–Crippen MR) is 62.7 cm³/mol. The highest BCUT2D eigenvalue weighted by Gasteiger charge is 2.04. The van der Waals surface area contributed by atoms with Crippen LogP contribution in [0, 0.1) is 11.6 Å². The molecule has 0 aliphatic rings. The Morgan fingerprint density at radius 2 is 2.06 bits per heavy atom. The molecule has 5 heteroatoms. The molecule has 3 nitrogen and oxygen atoms in total. The van der Waals surface area contributed by atoms with Crippen LogP contribution in [0.15, 0.2) is 47.1 Å². The zero-order valence-electron chi connectivity index (χ0n) is 9.19. The van der Waals surface area contributed by atoms with Gasteiger partial charge in [-0.05, 0) is 30.3 Å². The molecule has 92 valence electrons. The van der Waals surface area contributed by atoms with Gasteiger partial charge in [0.2, 0.25) is 5.91 Å². The third kappa shape index (κ3) is 3.04. The first-order chi connectivity index (χ1) is 8.65. The van der Waals surface area contributed by atoms with Gasteiger partial charge in [-0.3, -0.25) is 4.79 Å². The fourth-order valence-electron chi connectivity index (χ4n) is 1.30. The number of furan rings is 1. The Kier molecular flexibility index (Phi) is 3.52. The van der Waals surface area contributed by atoms with E-state index in [2.05, 4.69) is 5.32 Å². The maximum atomic E-state index is 12.9. The van der Waals surface area contributed by atoms with E-state index in [4.69, 9.17) is 4.42 Å². The van der Waals surface area contributed by atoms with Gasteiger partial charge in [-0.25, -0.2) is 8.78 Å². The van der Waals surface area contributed by atoms with E-state index in [0.717, 1.165) is 12.1 Å². The highest BCUT2D eigenvalue weighted by Crippen LogP contribution is 2.13. The summed E-state index contributed by atoms with van der Waals surface area (Å²) in [7, 11) is 0. The van der Waals surface area contributed by atoms with E-state index in [-0.39, 0.29) is 5.69 Å². The number of anilines is 1. The van der Waals surface area contributed by atoms with Crippen molar-refractivity contribution in [3.63, 3.8) is 0 Å². The largest absolute Gasteiger partial charge is 0.465 e. The van der Waals surface area contributed by atoms with Crippen molar-refractivity contribution >= 4 is 17.7 Å². The molecular formula is C13H9F2NO2. The number of halogens is 2. The lowest BCUT2D eigenvalue weighted by Gasteiger charge is -2.02. The van der Waals surface area contributed by atoms with Crippen LogP contribution >= 0.6 is 0 Å². The molecule has 0 saturated carbocycles. The number of hydrogen-bond acceptors (Lipinski definition) is 2. The van der Waals surface area contributed by atoms with Crippen LogP contribution in [-0.4, -0.2) is 5.91 Å². The molecule has 1 amide bonds. The number of amides is 1. The van der Waals surface area contributed by atoms with Gasteiger partial charge in [0, 0.05) is 17.8 Å². The van der Waals surface area contributed by atoms with E-state index in [1.165, 1.54) is 24.5 Å². The number of nitrogens with one attached hydrogen (secondary N) is 1. The molecule has 0 bridgehead atoms. The molecule has 2 rings (SSSR count). The molecule has 1 aromatic heterocycles. The van der Waals surface area contributed by atoms with Gasteiger partial charge in [-0.15, -0.1) is 0 Å². The van der Waals surface area contributed by atoms with Gasteiger partial charge in [-0.2, -0.15) is 0 Å². The topological polar surface area (TPSA) is 42.2 Å². The molecule has 2 aromatic rings. The third-order valence-electron chi connectivity index (χ3n) is 2.13. The first-order valence-electron chi connectivity index (χ1n) is 5.13. The summed E-state index contributed by atoms with van der Waals surface area (Å²) in [6.07, 6.45) is 4.18. The fourth-order valence-corrected chi connectivity index (χ4v) is 1.30. The van der Waals surface area contributed by atoms with E-state index >= 15 is 0 Å². The summed E-state index contributed by atoms with van der Waals surface area (Å²) < 4.78 is 30.5. The summed E-state index contributed by atoms with van der Waals surface area (Å²) in [5.74, 6) is -1.91. The Morgan fingerprint density at radius 1 is 1.22 bits per heavy atom. The monoisotopic (exact) mass is 249 g/mol. The molecule has 1 aromatic carbocycles. The van der Waals surface area contributed by atoms with Gasteiger partial charge in [-0.1, -0.05) is 0 Å². The van der Waals surface area contributed by atoms with Crippen molar-refractivity contribution in [1.29, 1.82) is 0 Å². The smallest absolute Gasteiger partial charge is 0.248 e. The van der Waals surface area contributed by atoms with E-state index in [0.29, 0.717) is 5.76 Å². The first-order valence-corrected chi connectivity index (χ1v) is 5.13. The van der Waals surface area contributed by atoms with Crippen LogP contribution in [0.2, 0.25) is 0 Å². The van der Waals surface area contributed by atoms with Crippen LogP contribution in [0.5, 0.6) is 0 Å². The van der Waals surface area contributed by atoms with E-state index in [1.54, 1.807) is 12.1 Å². The summed E-state index contributed by atoms with van der Waals surface area (Å²) in [6, 6.07) is 6.50. The average Bonchev–Trinajstić information content (AvgIpc) is 2.84. The highest BCUT2D eigenvalue weighted by molar-refractivity contribution is 6.01. The third-order valence-corrected chi connectivity index (χ3v) is 2.13. The lowest BCUT2D eigenvalue weighted by atomic mass is 10.3. The van der Waals surface area contributed by atoms with Crippen LogP contribution in [0.3, 0.4) is 0 Å².